The minimum Gasteiger partial charge on any atom is -0.390 e. The van der Waals surface area contributed by atoms with Gasteiger partial charge in [-0.2, -0.15) is 4.37 Å². The molecule has 0 bridgehead atoms. The predicted octanol–water partition coefficient (Wildman–Crippen LogP) is 3.99. The van der Waals surface area contributed by atoms with E-state index in [1.807, 2.05) is 38.3 Å². The van der Waals surface area contributed by atoms with Gasteiger partial charge in [0.25, 0.3) is 0 Å². The molecule has 0 unspecified atom stereocenters. The van der Waals surface area contributed by atoms with Gasteiger partial charge in [-0.15, -0.1) is 3.89 Å². The van der Waals surface area contributed by atoms with Crippen molar-refractivity contribution >= 4 is 40.3 Å². The first-order valence-corrected chi connectivity index (χ1v) is 8.55. The number of anilines is 2. The second-order valence-electron chi connectivity index (χ2n) is 4.48. The maximum absolute atomic E-state index is 13.5. The first-order valence-electron chi connectivity index (χ1n) is 7.10. The Morgan fingerprint density at radius 3 is 2.74 bits per heavy atom. The van der Waals surface area contributed by atoms with Crippen LogP contribution in [0, 0.1) is 13.8 Å². The van der Waals surface area contributed by atoms with Gasteiger partial charge in [-0.05, 0) is 31.4 Å². The van der Waals surface area contributed by atoms with Crippen molar-refractivity contribution in [2.24, 2.45) is 0 Å². The molecule has 0 amide bonds. The zero-order chi connectivity index (χ0) is 17.0. The highest BCUT2D eigenvalue weighted by Gasteiger charge is 2.20. The molecule has 3 aromatic heterocycles. The van der Waals surface area contributed by atoms with Gasteiger partial charge in [-0.1, -0.05) is 13.8 Å². The highest BCUT2D eigenvalue weighted by Crippen LogP contribution is 2.37. The van der Waals surface area contributed by atoms with Gasteiger partial charge in [0.1, 0.15) is 5.00 Å². The van der Waals surface area contributed by atoms with Gasteiger partial charge < -0.3 is 5.11 Å². The zero-order valence-corrected chi connectivity index (χ0v) is 14.9. The van der Waals surface area contributed by atoms with Gasteiger partial charge in [0, 0.05) is 18.1 Å². The largest absolute Gasteiger partial charge is 0.390 e. The van der Waals surface area contributed by atoms with E-state index in [9.17, 15) is 3.89 Å². The summed E-state index contributed by atoms with van der Waals surface area (Å²) >= 11 is 1.14. The molecule has 0 aliphatic carbocycles. The van der Waals surface area contributed by atoms with Crippen LogP contribution in [-0.4, -0.2) is 23.8 Å². The Morgan fingerprint density at radius 2 is 2.13 bits per heavy atom. The molecule has 3 heterocycles. The highest BCUT2D eigenvalue weighted by atomic mass is 32.2. The van der Waals surface area contributed by atoms with Crippen LogP contribution in [0.25, 0.3) is 5.65 Å². The van der Waals surface area contributed by atoms with E-state index in [1.165, 1.54) is 4.31 Å². The monoisotopic (exact) mass is 355 g/mol. The molecule has 0 radical (unpaired) electrons. The third kappa shape index (κ3) is 3.46. The van der Waals surface area contributed by atoms with Gasteiger partial charge in [-0.3, -0.25) is 4.40 Å². The summed E-state index contributed by atoms with van der Waals surface area (Å²) in [6, 6.07) is 1.63. The second-order valence-corrected chi connectivity index (χ2v) is 5.76. The fraction of sp³-hybridized carbons (Fsp3) is 0.357. The fourth-order valence-electron chi connectivity index (χ4n) is 1.99. The molecular formula is C14H18FN5OS2. The Hall–Kier alpha value is -1.71. The van der Waals surface area contributed by atoms with Crippen molar-refractivity contribution in [1.29, 1.82) is 0 Å². The summed E-state index contributed by atoms with van der Waals surface area (Å²) in [4.78, 5) is 8.69. The van der Waals surface area contributed by atoms with Crippen LogP contribution >= 0.6 is 23.9 Å². The van der Waals surface area contributed by atoms with Gasteiger partial charge in [0.05, 0.1) is 18.0 Å². The third-order valence-electron chi connectivity index (χ3n) is 2.95. The van der Waals surface area contributed by atoms with E-state index in [4.69, 9.17) is 5.11 Å². The number of aromatic nitrogens is 4. The lowest BCUT2D eigenvalue weighted by Gasteiger charge is -2.16. The number of imidazole rings is 1. The number of rotatable bonds is 4. The molecule has 3 aromatic rings. The average Bonchev–Trinajstić information content (AvgIpc) is 3.18. The van der Waals surface area contributed by atoms with Gasteiger partial charge in [-0.25, -0.2) is 14.3 Å². The highest BCUT2D eigenvalue weighted by molar-refractivity contribution is 7.96. The van der Waals surface area contributed by atoms with Gasteiger partial charge in [0.15, 0.2) is 23.8 Å². The quantitative estimate of drug-likeness (QED) is 0.714. The number of fused-ring (bicyclic) bond motifs is 1. The number of hydrogen-bond acceptors (Lipinski definition) is 7. The Balaban J connectivity index is 0.000000924. The summed E-state index contributed by atoms with van der Waals surface area (Å²) in [6.45, 7) is 7.59. The topological polar surface area (TPSA) is 66.5 Å². The first kappa shape index (κ1) is 17.6. The number of aliphatic hydroxyl groups excluding tert-OH is 1. The minimum absolute atomic E-state index is 0.0390. The van der Waals surface area contributed by atoms with Crippen molar-refractivity contribution in [3.05, 3.63) is 35.5 Å². The molecule has 0 saturated carbocycles. The predicted molar refractivity (Wildman–Crippen MR) is 92.7 cm³/mol. The number of aryl methyl sites for hydroxylation is 2. The Bertz CT molecular complexity index is 789. The summed E-state index contributed by atoms with van der Waals surface area (Å²) in [5.74, 6) is 0.406. The minimum atomic E-state index is -0.180. The van der Waals surface area contributed by atoms with Crippen molar-refractivity contribution in [2.45, 2.75) is 34.3 Å². The Labute approximate surface area is 142 Å². The van der Waals surface area contributed by atoms with Crippen LogP contribution in [0.1, 0.15) is 30.9 Å². The molecule has 0 fully saturated rings. The molecule has 3 rings (SSSR count). The zero-order valence-electron chi connectivity index (χ0n) is 13.3. The normalized spacial score (nSPS) is 10.5. The molecule has 1 N–H and O–H groups in total. The van der Waals surface area contributed by atoms with Crippen LogP contribution < -0.4 is 4.31 Å². The van der Waals surface area contributed by atoms with Crippen LogP contribution in [0.2, 0.25) is 0 Å². The molecule has 0 aliphatic rings. The summed E-state index contributed by atoms with van der Waals surface area (Å²) in [5, 5.41) is 9.64. The van der Waals surface area contributed by atoms with Gasteiger partial charge in [0.2, 0.25) is 0 Å². The summed E-state index contributed by atoms with van der Waals surface area (Å²) in [7, 11) is 0. The van der Waals surface area contributed by atoms with Crippen LogP contribution in [0.4, 0.5) is 14.7 Å². The number of aliphatic hydroxyl groups is 1. The Morgan fingerprint density at radius 1 is 1.39 bits per heavy atom. The molecule has 0 spiro atoms. The van der Waals surface area contributed by atoms with E-state index in [1.54, 1.807) is 12.3 Å². The van der Waals surface area contributed by atoms with Crippen molar-refractivity contribution in [3.8, 4) is 0 Å². The van der Waals surface area contributed by atoms with Gasteiger partial charge >= 0.3 is 0 Å². The molecule has 9 heteroatoms. The van der Waals surface area contributed by atoms with E-state index in [0.29, 0.717) is 22.2 Å². The lowest BCUT2D eigenvalue weighted by molar-refractivity contribution is 0.278. The first-order chi connectivity index (χ1) is 11.1. The van der Waals surface area contributed by atoms with Crippen molar-refractivity contribution in [1.82, 2.24) is 18.7 Å². The third-order valence-corrected chi connectivity index (χ3v) is 4.39. The van der Waals surface area contributed by atoms with E-state index >= 15 is 0 Å². The standard InChI is InChI=1S/C12H12FN5OS2.C2H6/c1-7-5-17-8(2)4-14-11(17)12(15-7)18(21-13)10-3-9(6-19)16-20-10;1-2/h3-5,19H,6H2,1-2H3;1-2H3. The van der Waals surface area contributed by atoms with Crippen LogP contribution in [0.15, 0.2) is 18.5 Å². The van der Waals surface area contributed by atoms with E-state index in [-0.39, 0.29) is 18.9 Å². The second kappa shape index (κ2) is 7.71. The average molecular weight is 355 g/mol. The maximum atomic E-state index is 13.5. The van der Waals surface area contributed by atoms with Crippen LogP contribution in [0.5, 0.6) is 0 Å². The molecule has 6 nitrogen and oxygen atoms in total. The summed E-state index contributed by atoms with van der Waals surface area (Å²) in [6.07, 6.45) is 3.57. The molecule has 23 heavy (non-hydrogen) atoms. The number of hydrogen-bond donors (Lipinski definition) is 1. The molecule has 0 aliphatic heterocycles. The molecule has 0 saturated heterocycles. The van der Waals surface area contributed by atoms with Crippen LogP contribution in [0.3, 0.4) is 0 Å². The molecule has 0 aromatic carbocycles. The van der Waals surface area contributed by atoms with Crippen molar-refractivity contribution < 1.29 is 8.99 Å². The number of halogens is 1. The van der Waals surface area contributed by atoms with E-state index in [2.05, 4.69) is 14.3 Å². The molecule has 0 atom stereocenters. The number of nitrogens with zero attached hydrogens (tertiary/aromatic N) is 5. The van der Waals surface area contributed by atoms with E-state index in [0.717, 1.165) is 22.9 Å². The van der Waals surface area contributed by atoms with Crippen LogP contribution in [-0.2, 0) is 6.61 Å². The SMILES string of the molecule is CC.Cc1cn2c(C)cnc2c(N(SF)c2cc(CO)ns2)n1. The molecular weight excluding hydrogens is 337 g/mol. The Kier molecular flexibility index (Phi) is 5.91. The summed E-state index contributed by atoms with van der Waals surface area (Å²) in [5.41, 5.74) is 2.77. The summed E-state index contributed by atoms with van der Waals surface area (Å²) < 4.78 is 20.7. The smallest absolute Gasteiger partial charge is 0.190 e. The molecule has 124 valence electrons. The lowest BCUT2D eigenvalue weighted by Crippen LogP contribution is -2.09. The lowest BCUT2D eigenvalue weighted by atomic mass is 10.4. The maximum Gasteiger partial charge on any atom is 0.190 e. The van der Waals surface area contributed by atoms with E-state index < -0.39 is 0 Å². The van der Waals surface area contributed by atoms with Crippen molar-refractivity contribution in [2.75, 3.05) is 4.31 Å². The van der Waals surface area contributed by atoms with Crippen molar-refractivity contribution in [3.63, 3.8) is 0 Å². The fourth-order valence-corrected chi connectivity index (χ4v) is 3.15.